The highest BCUT2D eigenvalue weighted by Crippen LogP contribution is 2.50. The predicted molar refractivity (Wildman–Crippen MR) is 118 cm³/mol. The van der Waals surface area contributed by atoms with Crippen LogP contribution in [0.5, 0.6) is 0 Å². The minimum absolute atomic E-state index is 0.0281. The molecule has 3 fully saturated rings. The Kier molecular flexibility index (Phi) is 5.49. The maximum atomic E-state index is 13.0. The second-order valence-corrected chi connectivity index (χ2v) is 9.41. The Balaban J connectivity index is 1.09. The summed E-state index contributed by atoms with van der Waals surface area (Å²) in [4.78, 5) is 41.4. The largest absolute Gasteiger partial charge is 0.459 e. The molecule has 1 spiro atoms. The van der Waals surface area contributed by atoms with E-state index in [1.807, 2.05) is 23.1 Å². The first-order chi connectivity index (χ1) is 15.5. The summed E-state index contributed by atoms with van der Waals surface area (Å²) in [5, 5.41) is 2.63. The Morgan fingerprint density at radius 1 is 0.969 bits per heavy atom. The van der Waals surface area contributed by atoms with E-state index < -0.39 is 0 Å². The first-order valence-electron chi connectivity index (χ1n) is 11.5. The number of amides is 3. The van der Waals surface area contributed by atoms with E-state index in [2.05, 4.69) is 22.3 Å². The molecule has 7 heteroatoms. The van der Waals surface area contributed by atoms with Gasteiger partial charge in [0.05, 0.1) is 12.8 Å². The average Bonchev–Trinajstić information content (AvgIpc) is 3.22. The fourth-order valence-electron chi connectivity index (χ4n) is 5.30. The number of piperidine rings is 1. The highest BCUT2D eigenvalue weighted by molar-refractivity contribution is 5.94. The SMILES string of the molecule is O=C(NCC(=O)N1CCC2(CC1)CCN(C(=O)C1CC1c1ccccc1)C2)c1ccco1. The van der Waals surface area contributed by atoms with Gasteiger partial charge < -0.3 is 19.5 Å². The molecular formula is C25H29N3O4. The van der Waals surface area contributed by atoms with Gasteiger partial charge in [-0.15, -0.1) is 0 Å². The molecule has 0 bridgehead atoms. The normalized spacial score (nSPS) is 23.9. The van der Waals surface area contributed by atoms with E-state index in [0.717, 1.165) is 38.8 Å². The summed E-state index contributed by atoms with van der Waals surface area (Å²) >= 11 is 0. The van der Waals surface area contributed by atoms with Crippen LogP contribution < -0.4 is 5.32 Å². The van der Waals surface area contributed by atoms with Crippen LogP contribution in [0.4, 0.5) is 0 Å². The van der Waals surface area contributed by atoms with E-state index in [-0.39, 0.29) is 35.5 Å². The third-order valence-electron chi connectivity index (χ3n) is 7.41. The minimum atomic E-state index is -0.379. The molecule has 168 valence electrons. The summed E-state index contributed by atoms with van der Waals surface area (Å²) in [6.45, 7) is 2.95. The van der Waals surface area contributed by atoms with E-state index in [1.54, 1.807) is 12.1 Å². The van der Waals surface area contributed by atoms with E-state index >= 15 is 0 Å². The lowest BCUT2D eigenvalue weighted by Crippen LogP contribution is -2.47. The first-order valence-corrected chi connectivity index (χ1v) is 11.5. The average molecular weight is 436 g/mol. The van der Waals surface area contributed by atoms with Crippen molar-refractivity contribution in [3.63, 3.8) is 0 Å². The van der Waals surface area contributed by atoms with Crippen molar-refractivity contribution in [2.45, 2.75) is 31.6 Å². The fourth-order valence-corrected chi connectivity index (χ4v) is 5.30. The Morgan fingerprint density at radius 3 is 2.38 bits per heavy atom. The van der Waals surface area contributed by atoms with Gasteiger partial charge >= 0.3 is 0 Å². The number of hydrogen-bond acceptors (Lipinski definition) is 4. The van der Waals surface area contributed by atoms with Crippen LogP contribution in [-0.4, -0.2) is 60.2 Å². The lowest BCUT2D eigenvalue weighted by atomic mass is 9.78. The third kappa shape index (κ3) is 4.16. The van der Waals surface area contributed by atoms with Gasteiger partial charge in [-0.1, -0.05) is 30.3 Å². The van der Waals surface area contributed by atoms with E-state index in [0.29, 0.717) is 24.9 Å². The van der Waals surface area contributed by atoms with Crippen molar-refractivity contribution in [1.29, 1.82) is 0 Å². The molecule has 3 heterocycles. The van der Waals surface area contributed by atoms with Crippen LogP contribution in [0, 0.1) is 11.3 Å². The topological polar surface area (TPSA) is 82.9 Å². The van der Waals surface area contributed by atoms with Crippen LogP contribution in [-0.2, 0) is 9.59 Å². The number of nitrogens with zero attached hydrogens (tertiary/aromatic N) is 2. The summed E-state index contributed by atoms with van der Waals surface area (Å²) in [6, 6.07) is 13.5. The molecule has 1 aromatic heterocycles. The van der Waals surface area contributed by atoms with Gasteiger partial charge in [0.15, 0.2) is 5.76 Å². The molecule has 1 aliphatic carbocycles. The Hall–Kier alpha value is -3.09. The number of rotatable bonds is 5. The lowest BCUT2D eigenvalue weighted by Gasteiger charge is -2.39. The molecule has 7 nitrogen and oxygen atoms in total. The summed E-state index contributed by atoms with van der Waals surface area (Å²) in [7, 11) is 0. The Bertz CT molecular complexity index is 980. The monoisotopic (exact) mass is 435 g/mol. The molecule has 2 aliphatic heterocycles. The maximum absolute atomic E-state index is 13.0. The number of likely N-dealkylation sites (tertiary alicyclic amines) is 2. The van der Waals surface area contributed by atoms with Gasteiger partial charge in [-0.3, -0.25) is 14.4 Å². The van der Waals surface area contributed by atoms with Crippen LogP contribution >= 0.6 is 0 Å². The van der Waals surface area contributed by atoms with Gasteiger partial charge in [0, 0.05) is 32.1 Å². The van der Waals surface area contributed by atoms with Gasteiger partial charge in [0.1, 0.15) is 0 Å². The number of hydrogen-bond donors (Lipinski definition) is 1. The van der Waals surface area contributed by atoms with Crippen molar-refractivity contribution in [2.75, 3.05) is 32.7 Å². The minimum Gasteiger partial charge on any atom is -0.459 e. The third-order valence-corrected chi connectivity index (χ3v) is 7.41. The molecule has 1 saturated carbocycles. The number of carbonyl (C=O) groups excluding carboxylic acids is 3. The zero-order valence-electron chi connectivity index (χ0n) is 18.2. The molecule has 32 heavy (non-hydrogen) atoms. The second-order valence-electron chi connectivity index (χ2n) is 9.41. The van der Waals surface area contributed by atoms with Crippen LogP contribution in [0.1, 0.15) is 47.7 Å². The van der Waals surface area contributed by atoms with Crippen LogP contribution in [0.3, 0.4) is 0 Å². The number of carbonyl (C=O) groups is 3. The van der Waals surface area contributed by atoms with E-state index in [4.69, 9.17) is 4.42 Å². The standard InChI is InChI=1S/C25H29N3O4/c29-22(16-26-23(30)21-7-4-14-32-21)27-11-8-25(9-12-27)10-13-28(17-25)24(31)20-15-19(20)18-5-2-1-3-6-18/h1-7,14,19-20H,8-13,15-17H2,(H,26,30). The Labute approximate surface area is 187 Å². The van der Waals surface area contributed by atoms with Crippen molar-refractivity contribution in [3.8, 4) is 0 Å². The van der Waals surface area contributed by atoms with Gasteiger partial charge in [-0.25, -0.2) is 0 Å². The molecule has 2 aromatic rings. The molecule has 3 aliphatic rings. The quantitative estimate of drug-likeness (QED) is 0.783. The summed E-state index contributed by atoms with van der Waals surface area (Å²) in [5.41, 5.74) is 1.40. The van der Waals surface area contributed by atoms with Crippen molar-refractivity contribution >= 4 is 17.7 Å². The molecule has 2 atom stereocenters. The molecule has 3 amide bonds. The van der Waals surface area contributed by atoms with Gasteiger partial charge in [-0.2, -0.15) is 0 Å². The highest BCUT2D eigenvalue weighted by atomic mass is 16.3. The summed E-state index contributed by atoms with van der Waals surface area (Å²) in [6.07, 6.45) is 5.21. The fraction of sp³-hybridized carbons (Fsp3) is 0.480. The van der Waals surface area contributed by atoms with Crippen molar-refractivity contribution in [2.24, 2.45) is 11.3 Å². The molecule has 1 N–H and O–H groups in total. The van der Waals surface area contributed by atoms with Crippen molar-refractivity contribution in [1.82, 2.24) is 15.1 Å². The Morgan fingerprint density at radius 2 is 1.69 bits per heavy atom. The predicted octanol–water partition coefficient (Wildman–Crippen LogP) is 2.65. The number of nitrogens with one attached hydrogen (secondary N) is 1. The van der Waals surface area contributed by atoms with Crippen LogP contribution in [0.15, 0.2) is 53.1 Å². The van der Waals surface area contributed by atoms with Gasteiger partial charge in [0.2, 0.25) is 11.8 Å². The smallest absolute Gasteiger partial charge is 0.287 e. The summed E-state index contributed by atoms with van der Waals surface area (Å²) < 4.78 is 5.05. The molecule has 2 saturated heterocycles. The highest BCUT2D eigenvalue weighted by Gasteiger charge is 2.49. The molecular weight excluding hydrogens is 406 g/mol. The van der Waals surface area contributed by atoms with Gasteiger partial charge in [-0.05, 0) is 54.7 Å². The number of benzene rings is 1. The zero-order chi connectivity index (χ0) is 22.1. The maximum Gasteiger partial charge on any atom is 0.287 e. The molecule has 0 radical (unpaired) electrons. The number of furan rings is 1. The van der Waals surface area contributed by atoms with Crippen LogP contribution in [0.25, 0.3) is 0 Å². The lowest BCUT2D eigenvalue weighted by molar-refractivity contribution is -0.134. The van der Waals surface area contributed by atoms with Crippen LogP contribution in [0.2, 0.25) is 0 Å². The molecule has 5 rings (SSSR count). The first kappa shape index (κ1) is 20.8. The van der Waals surface area contributed by atoms with Crippen molar-refractivity contribution in [3.05, 3.63) is 60.1 Å². The summed E-state index contributed by atoms with van der Waals surface area (Å²) in [5.74, 6) is 0.555. The zero-order valence-corrected chi connectivity index (χ0v) is 18.2. The van der Waals surface area contributed by atoms with E-state index in [1.165, 1.54) is 11.8 Å². The van der Waals surface area contributed by atoms with Gasteiger partial charge in [0.25, 0.3) is 5.91 Å². The second kappa shape index (κ2) is 8.45. The van der Waals surface area contributed by atoms with E-state index in [9.17, 15) is 14.4 Å². The van der Waals surface area contributed by atoms with Crippen molar-refractivity contribution < 1.29 is 18.8 Å². The molecule has 1 aromatic carbocycles. The molecule has 2 unspecified atom stereocenters.